The lowest BCUT2D eigenvalue weighted by atomic mass is 10.1. The van der Waals surface area contributed by atoms with Gasteiger partial charge in [-0.1, -0.05) is 12.1 Å². The second kappa shape index (κ2) is 8.99. The van der Waals surface area contributed by atoms with Crippen molar-refractivity contribution in [1.82, 2.24) is 9.78 Å². The molecule has 2 aromatic carbocycles. The number of hydrogen-bond acceptors (Lipinski definition) is 8. The first-order valence-electron chi connectivity index (χ1n) is 8.90. The molecule has 0 amide bonds. The van der Waals surface area contributed by atoms with Gasteiger partial charge in [0.2, 0.25) is 5.43 Å². The van der Waals surface area contributed by atoms with Gasteiger partial charge in [-0.15, -0.1) is 0 Å². The summed E-state index contributed by atoms with van der Waals surface area (Å²) in [7, 11) is 2.39. The summed E-state index contributed by atoms with van der Waals surface area (Å²) in [4.78, 5) is 47.9. The zero-order valence-electron chi connectivity index (χ0n) is 16.3. The molecule has 9 heteroatoms. The monoisotopic (exact) mass is 410 g/mol. The second-order valence-electron chi connectivity index (χ2n) is 6.20. The summed E-state index contributed by atoms with van der Waals surface area (Å²) in [5.74, 6) is -2.00. The number of hydrogen-bond donors (Lipinski definition) is 0. The molecule has 0 aliphatic carbocycles. The number of fused-ring (bicyclic) bond motifs is 1. The normalized spacial score (nSPS) is 10.5. The van der Waals surface area contributed by atoms with Gasteiger partial charge in [0.25, 0.3) is 0 Å². The fraction of sp³-hybridized carbons (Fsp3) is 0.190. The molecule has 3 rings (SSSR count). The Labute approximate surface area is 170 Å². The maximum Gasteiger partial charge on any atom is 0.338 e. The van der Waals surface area contributed by atoms with Crippen molar-refractivity contribution in [2.45, 2.75) is 13.0 Å². The van der Waals surface area contributed by atoms with Gasteiger partial charge >= 0.3 is 17.9 Å². The number of para-hydroxylation sites is 1. The first kappa shape index (κ1) is 20.7. The van der Waals surface area contributed by atoms with E-state index in [4.69, 9.17) is 4.74 Å². The standard InChI is InChI=1S/C21H18N2O7/c1-28-20(26)13-9-14(21(27)29-2)11-15(10-13)30-19(25)7-8-23-17-6-4-3-5-16(17)18(24)12-22-23/h3-6,9-12H,7-8H2,1-2H3. The van der Waals surface area contributed by atoms with Gasteiger partial charge in [0.05, 0.1) is 50.0 Å². The molecule has 0 N–H and O–H groups in total. The number of benzene rings is 2. The fourth-order valence-electron chi connectivity index (χ4n) is 2.85. The van der Waals surface area contributed by atoms with Crippen LogP contribution in [0.5, 0.6) is 5.75 Å². The summed E-state index contributed by atoms with van der Waals surface area (Å²) in [6.07, 6.45) is 1.13. The molecule has 3 aromatic rings. The zero-order chi connectivity index (χ0) is 21.7. The molecule has 0 saturated carbocycles. The number of methoxy groups -OCH3 is 2. The van der Waals surface area contributed by atoms with Crippen LogP contribution in [0.4, 0.5) is 0 Å². The van der Waals surface area contributed by atoms with Crippen LogP contribution in [-0.2, 0) is 20.8 Å². The Morgan fingerprint density at radius 1 is 0.967 bits per heavy atom. The molecule has 0 aliphatic heterocycles. The average Bonchev–Trinajstić information content (AvgIpc) is 2.77. The van der Waals surface area contributed by atoms with E-state index in [2.05, 4.69) is 14.6 Å². The number of carbonyl (C=O) groups is 3. The highest BCUT2D eigenvalue weighted by atomic mass is 16.5. The number of carbonyl (C=O) groups excluding carboxylic acids is 3. The van der Waals surface area contributed by atoms with Crippen LogP contribution in [0.3, 0.4) is 0 Å². The molecule has 0 fully saturated rings. The van der Waals surface area contributed by atoms with Gasteiger partial charge in [-0.3, -0.25) is 14.3 Å². The predicted molar refractivity (Wildman–Crippen MR) is 105 cm³/mol. The van der Waals surface area contributed by atoms with Gasteiger partial charge in [0.1, 0.15) is 5.75 Å². The molecule has 0 saturated heterocycles. The van der Waals surface area contributed by atoms with Crippen LogP contribution in [0.2, 0.25) is 0 Å². The summed E-state index contributed by atoms with van der Waals surface area (Å²) in [5, 5.41) is 4.55. The molecule has 30 heavy (non-hydrogen) atoms. The lowest BCUT2D eigenvalue weighted by Crippen LogP contribution is -2.17. The summed E-state index contributed by atoms with van der Waals surface area (Å²) in [6, 6.07) is 10.8. The Hall–Kier alpha value is -4.01. The van der Waals surface area contributed by atoms with Gasteiger partial charge in [0, 0.05) is 5.39 Å². The molecule has 1 aromatic heterocycles. The smallest absolute Gasteiger partial charge is 0.338 e. The number of nitrogens with zero attached hydrogens (tertiary/aromatic N) is 2. The summed E-state index contributed by atoms with van der Waals surface area (Å²) < 4.78 is 16.1. The maximum absolute atomic E-state index is 12.3. The van der Waals surface area contributed by atoms with Crippen LogP contribution in [0, 0.1) is 0 Å². The van der Waals surface area contributed by atoms with Gasteiger partial charge in [-0.2, -0.15) is 5.10 Å². The van der Waals surface area contributed by atoms with E-state index < -0.39 is 17.9 Å². The van der Waals surface area contributed by atoms with E-state index in [0.717, 1.165) is 0 Å². The van der Waals surface area contributed by atoms with Crippen molar-refractivity contribution < 1.29 is 28.6 Å². The van der Waals surface area contributed by atoms with E-state index in [9.17, 15) is 19.2 Å². The summed E-state index contributed by atoms with van der Waals surface area (Å²) in [6.45, 7) is 0.167. The lowest BCUT2D eigenvalue weighted by Gasteiger charge is -2.10. The minimum Gasteiger partial charge on any atom is -0.465 e. The molecule has 0 radical (unpaired) electrons. The van der Waals surface area contributed by atoms with Crippen molar-refractivity contribution in [3.8, 4) is 5.75 Å². The fourth-order valence-corrected chi connectivity index (χ4v) is 2.85. The Bertz CT molecular complexity index is 1150. The second-order valence-corrected chi connectivity index (χ2v) is 6.20. The van der Waals surface area contributed by atoms with Crippen LogP contribution in [-0.4, -0.2) is 41.9 Å². The minimum atomic E-state index is -0.693. The molecule has 0 atom stereocenters. The van der Waals surface area contributed by atoms with Gasteiger partial charge in [-0.25, -0.2) is 9.59 Å². The van der Waals surface area contributed by atoms with Crippen molar-refractivity contribution in [1.29, 1.82) is 0 Å². The molecule has 0 aliphatic rings. The first-order valence-corrected chi connectivity index (χ1v) is 8.90. The van der Waals surface area contributed by atoms with E-state index in [1.165, 1.54) is 43.3 Å². The average molecular weight is 410 g/mol. The molecule has 0 bridgehead atoms. The van der Waals surface area contributed by atoms with E-state index in [0.29, 0.717) is 10.9 Å². The Balaban J connectivity index is 1.78. The lowest BCUT2D eigenvalue weighted by molar-refractivity contribution is -0.134. The van der Waals surface area contributed by atoms with Crippen LogP contribution in [0.15, 0.2) is 53.5 Å². The number of rotatable bonds is 6. The summed E-state index contributed by atoms with van der Waals surface area (Å²) in [5.41, 5.74) is 0.463. The van der Waals surface area contributed by atoms with Gasteiger partial charge in [0.15, 0.2) is 0 Å². The third-order valence-electron chi connectivity index (χ3n) is 4.27. The maximum atomic E-state index is 12.3. The largest absolute Gasteiger partial charge is 0.465 e. The van der Waals surface area contributed by atoms with E-state index in [1.54, 1.807) is 24.3 Å². The van der Waals surface area contributed by atoms with Crippen molar-refractivity contribution in [3.63, 3.8) is 0 Å². The molecule has 0 spiro atoms. The highest BCUT2D eigenvalue weighted by molar-refractivity contribution is 5.96. The Morgan fingerprint density at radius 2 is 1.60 bits per heavy atom. The molecule has 154 valence electrons. The molecule has 1 heterocycles. The van der Waals surface area contributed by atoms with Crippen molar-refractivity contribution >= 4 is 28.8 Å². The van der Waals surface area contributed by atoms with Gasteiger partial charge in [-0.05, 0) is 30.3 Å². The highest BCUT2D eigenvalue weighted by Gasteiger charge is 2.16. The third-order valence-corrected chi connectivity index (χ3v) is 4.27. The molecule has 9 nitrogen and oxygen atoms in total. The van der Waals surface area contributed by atoms with Crippen molar-refractivity contribution in [2.75, 3.05) is 14.2 Å². The van der Waals surface area contributed by atoms with Crippen molar-refractivity contribution in [3.05, 3.63) is 70.0 Å². The Kier molecular flexibility index (Phi) is 6.21. The third kappa shape index (κ3) is 4.52. The number of ether oxygens (including phenoxy) is 3. The molecular formula is C21H18N2O7. The highest BCUT2D eigenvalue weighted by Crippen LogP contribution is 2.20. The summed E-state index contributed by atoms with van der Waals surface area (Å²) >= 11 is 0. The van der Waals surface area contributed by atoms with E-state index in [-0.39, 0.29) is 35.3 Å². The Morgan fingerprint density at radius 3 is 2.23 bits per heavy atom. The van der Waals surface area contributed by atoms with Crippen molar-refractivity contribution in [2.24, 2.45) is 0 Å². The number of aryl methyl sites for hydroxylation is 1. The predicted octanol–water partition coefficient (Wildman–Crippen LogP) is 1.97. The topological polar surface area (TPSA) is 114 Å². The molecular weight excluding hydrogens is 392 g/mol. The van der Waals surface area contributed by atoms with E-state index in [1.807, 2.05) is 0 Å². The SMILES string of the molecule is COC(=O)c1cc(OC(=O)CCn2ncc(=O)c3ccccc32)cc(C(=O)OC)c1. The zero-order valence-corrected chi connectivity index (χ0v) is 16.3. The van der Waals surface area contributed by atoms with E-state index >= 15 is 0 Å². The van der Waals surface area contributed by atoms with Crippen LogP contribution in [0.25, 0.3) is 10.9 Å². The van der Waals surface area contributed by atoms with Crippen LogP contribution < -0.4 is 10.2 Å². The van der Waals surface area contributed by atoms with Crippen LogP contribution >= 0.6 is 0 Å². The molecule has 0 unspecified atom stereocenters. The minimum absolute atomic E-state index is 0.000948. The number of aromatic nitrogens is 2. The number of esters is 3. The first-order chi connectivity index (χ1) is 14.4. The van der Waals surface area contributed by atoms with Crippen LogP contribution in [0.1, 0.15) is 27.1 Å². The quantitative estimate of drug-likeness (QED) is 0.448. The van der Waals surface area contributed by atoms with Gasteiger partial charge < -0.3 is 14.2 Å².